The fourth-order valence-corrected chi connectivity index (χ4v) is 2.54. The van der Waals surface area contributed by atoms with Crippen LogP contribution in [0.4, 0.5) is 0 Å². The van der Waals surface area contributed by atoms with Gasteiger partial charge < -0.3 is 10.1 Å². The summed E-state index contributed by atoms with van der Waals surface area (Å²) in [5, 5.41) is 6.88. The number of rotatable bonds is 6. The van der Waals surface area contributed by atoms with Gasteiger partial charge in [0.25, 0.3) is 0 Å². The standard InChI is InChI=1S/C14H18ClN3O2/c1-3-20-14-12(15)13(16-10-19)17(2)18(14)9-11-7-5-4-6-8-11/h4-8,10,14H,3,9H2,1-2H3,(H,16,19). The Morgan fingerprint density at radius 1 is 1.40 bits per heavy atom. The highest BCUT2D eigenvalue weighted by molar-refractivity contribution is 6.30. The summed E-state index contributed by atoms with van der Waals surface area (Å²) in [6, 6.07) is 10.0. The maximum absolute atomic E-state index is 10.7. The third-order valence-electron chi connectivity index (χ3n) is 3.13. The van der Waals surface area contributed by atoms with Crippen molar-refractivity contribution in [3.63, 3.8) is 0 Å². The van der Waals surface area contributed by atoms with Crippen molar-refractivity contribution in [1.82, 2.24) is 15.3 Å². The van der Waals surface area contributed by atoms with Crippen molar-refractivity contribution < 1.29 is 9.53 Å². The summed E-state index contributed by atoms with van der Waals surface area (Å²) in [5.41, 5.74) is 1.14. The molecule has 1 aliphatic heterocycles. The van der Waals surface area contributed by atoms with E-state index < -0.39 is 0 Å². The summed E-state index contributed by atoms with van der Waals surface area (Å²) in [7, 11) is 1.84. The Balaban J connectivity index is 2.21. The van der Waals surface area contributed by atoms with Crippen LogP contribution in [0.5, 0.6) is 0 Å². The lowest BCUT2D eigenvalue weighted by Crippen LogP contribution is -2.42. The molecule has 0 saturated carbocycles. The molecule has 1 aromatic carbocycles. The van der Waals surface area contributed by atoms with Crippen molar-refractivity contribution in [3.05, 3.63) is 46.7 Å². The van der Waals surface area contributed by atoms with Crippen LogP contribution in [0.3, 0.4) is 0 Å². The average molecular weight is 296 g/mol. The van der Waals surface area contributed by atoms with Crippen LogP contribution in [0, 0.1) is 0 Å². The SMILES string of the molecule is CCOC1C(Cl)=C(NC=O)N(C)N1Cc1ccccc1. The van der Waals surface area contributed by atoms with Gasteiger partial charge in [-0.3, -0.25) is 9.80 Å². The van der Waals surface area contributed by atoms with Crippen molar-refractivity contribution in [2.75, 3.05) is 13.7 Å². The predicted molar refractivity (Wildman–Crippen MR) is 77.2 cm³/mol. The normalized spacial score (nSPS) is 19.6. The van der Waals surface area contributed by atoms with Crippen LogP contribution in [-0.4, -0.2) is 36.3 Å². The summed E-state index contributed by atoms with van der Waals surface area (Å²) >= 11 is 6.31. The highest BCUT2D eigenvalue weighted by Gasteiger charge is 2.36. The third kappa shape index (κ3) is 2.95. The van der Waals surface area contributed by atoms with Crippen LogP contribution in [0.1, 0.15) is 12.5 Å². The Morgan fingerprint density at radius 3 is 2.70 bits per heavy atom. The van der Waals surface area contributed by atoms with E-state index in [0.29, 0.717) is 30.4 Å². The molecule has 1 unspecified atom stereocenters. The average Bonchev–Trinajstić information content (AvgIpc) is 2.67. The van der Waals surface area contributed by atoms with Gasteiger partial charge in [0.15, 0.2) is 6.23 Å². The first kappa shape index (κ1) is 14.8. The van der Waals surface area contributed by atoms with Crippen LogP contribution in [-0.2, 0) is 16.1 Å². The maximum atomic E-state index is 10.7. The lowest BCUT2D eigenvalue weighted by atomic mass is 10.2. The van der Waals surface area contributed by atoms with Gasteiger partial charge in [0.2, 0.25) is 6.41 Å². The summed E-state index contributed by atoms with van der Waals surface area (Å²) < 4.78 is 5.69. The highest BCUT2D eigenvalue weighted by Crippen LogP contribution is 2.31. The van der Waals surface area contributed by atoms with E-state index >= 15 is 0 Å². The van der Waals surface area contributed by atoms with E-state index in [9.17, 15) is 4.79 Å². The number of carbonyl (C=O) groups is 1. The zero-order valence-electron chi connectivity index (χ0n) is 11.5. The first-order valence-corrected chi connectivity index (χ1v) is 6.82. The minimum absolute atomic E-state index is 0.380. The minimum atomic E-state index is -0.380. The molecule has 1 aliphatic rings. The molecule has 2 rings (SSSR count). The summed E-state index contributed by atoms with van der Waals surface area (Å²) in [6.45, 7) is 3.09. The topological polar surface area (TPSA) is 44.8 Å². The largest absolute Gasteiger partial charge is 0.356 e. The Hall–Kier alpha value is -1.56. The van der Waals surface area contributed by atoms with Crippen LogP contribution in [0.15, 0.2) is 41.2 Å². The third-order valence-corrected chi connectivity index (χ3v) is 3.50. The molecule has 1 N–H and O–H groups in total. The van der Waals surface area contributed by atoms with Crippen molar-refractivity contribution in [3.8, 4) is 0 Å². The zero-order valence-corrected chi connectivity index (χ0v) is 12.3. The van der Waals surface area contributed by atoms with E-state index in [0.717, 1.165) is 5.56 Å². The number of carbonyl (C=O) groups excluding carboxylic acids is 1. The first-order valence-electron chi connectivity index (χ1n) is 6.44. The van der Waals surface area contributed by atoms with Crippen LogP contribution < -0.4 is 5.32 Å². The molecule has 1 aromatic rings. The minimum Gasteiger partial charge on any atom is -0.356 e. The molecule has 6 heteroatoms. The number of amides is 1. The van der Waals surface area contributed by atoms with Gasteiger partial charge in [-0.05, 0) is 12.5 Å². The Morgan fingerprint density at radius 2 is 2.10 bits per heavy atom. The molecular weight excluding hydrogens is 278 g/mol. The number of nitrogens with zero attached hydrogens (tertiary/aromatic N) is 2. The van der Waals surface area contributed by atoms with Crippen molar-refractivity contribution in [1.29, 1.82) is 0 Å². The number of benzene rings is 1. The molecule has 20 heavy (non-hydrogen) atoms. The second-order valence-corrected chi connectivity index (χ2v) is 4.78. The quantitative estimate of drug-likeness (QED) is 0.814. The molecule has 1 amide bonds. The number of ether oxygens (including phenoxy) is 1. The molecule has 1 heterocycles. The van der Waals surface area contributed by atoms with Gasteiger partial charge in [-0.25, -0.2) is 0 Å². The maximum Gasteiger partial charge on any atom is 0.212 e. The number of nitrogens with one attached hydrogen (secondary N) is 1. The fourth-order valence-electron chi connectivity index (χ4n) is 2.18. The van der Waals surface area contributed by atoms with E-state index in [-0.39, 0.29) is 6.23 Å². The molecule has 0 fully saturated rings. The van der Waals surface area contributed by atoms with Gasteiger partial charge in [-0.1, -0.05) is 41.9 Å². The van der Waals surface area contributed by atoms with Crippen molar-refractivity contribution in [2.45, 2.75) is 19.7 Å². The lowest BCUT2D eigenvalue weighted by Gasteiger charge is -2.31. The summed E-state index contributed by atoms with van der Waals surface area (Å²) in [6.07, 6.45) is 0.234. The molecule has 0 bridgehead atoms. The number of hydrazine groups is 1. The molecule has 108 valence electrons. The smallest absolute Gasteiger partial charge is 0.212 e. The van der Waals surface area contributed by atoms with Gasteiger partial charge in [-0.15, -0.1) is 0 Å². The molecule has 0 radical (unpaired) electrons. The Bertz CT molecular complexity index is 492. The van der Waals surface area contributed by atoms with Crippen LogP contribution in [0.2, 0.25) is 0 Å². The van der Waals surface area contributed by atoms with E-state index in [1.165, 1.54) is 0 Å². The van der Waals surface area contributed by atoms with Crippen LogP contribution in [0.25, 0.3) is 0 Å². The van der Waals surface area contributed by atoms with Crippen molar-refractivity contribution >= 4 is 18.0 Å². The molecule has 1 atom stereocenters. The van der Waals surface area contributed by atoms with E-state index in [4.69, 9.17) is 16.3 Å². The van der Waals surface area contributed by atoms with Gasteiger partial charge in [0.05, 0.1) is 0 Å². The van der Waals surface area contributed by atoms with E-state index in [2.05, 4.69) is 5.32 Å². The van der Waals surface area contributed by atoms with E-state index in [1.807, 2.05) is 54.3 Å². The van der Waals surface area contributed by atoms with Gasteiger partial charge >= 0.3 is 0 Å². The predicted octanol–water partition coefficient (Wildman–Crippen LogP) is 1.87. The van der Waals surface area contributed by atoms with Crippen LogP contribution >= 0.6 is 11.6 Å². The number of halogens is 1. The Kier molecular flexibility index (Phi) is 5.00. The molecule has 0 aromatic heterocycles. The van der Waals surface area contributed by atoms with E-state index in [1.54, 1.807) is 0 Å². The van der Waals surface area contributed by atoms with Gasteiger partial charge in [0.1, 0.15) is 10.9 Å². The fraction of sp³-hybridized carbons (Fsp3) is 0.357. The highest BCUT2D eigenvalue weighted by atomic mass is 35.5. The van der Waals surface area contributed by atoms with Gasteiger partial charge in [0, 0.05) is 20.2 Å². The molecule has 0 saturated heterocycles. The number of hydrogen-bond donors (Lipinski definition) is 1. The second-order valence-electron chi connectivity index (χ2n) is 4.37. The lowest BCUT2D eigenvalue weighted by molar-refractivity contribution is -0.114. The zero-order chi connectivity index (χ0) is 14.5. The van der Waals surface area contributed by atoms with Gasteiger partial charge in [-0.2, -0.15) is 5.01 Å². The monoisotopic (exact) mass is 295 g/mol. The summed E-state index contributed by atoms with van der Waals surface area (Å²) in [4.78, 5) is 10.7. The molecule has 5 nitrogen and oxygen atoms in total. The molecule has 0 aliphatic carbocycles. The molecular formula is C14H18ClN3O2. The molecule has 0 spiro atoms. The second kappa shape index (κ2) is 6.74. The first-order chi connectivity index (χ1) is 9.69. The number of hydrogen-bond acceptors (Lipinski definition) is 4. The summed E-state index contributed by atoms with van der Waals surface area (Å²) in [5.74, 6) is 0.552. The van der Waals surface area contributed by atoms with Crippen molar-refractivity contribution in [2.24, 2.45) is 0 Å². The Labute approximate surface area is 123 Å².